The van der Waals surface area contributed by atoms with Gasteiger partial charge < -0.3 is 10.1 Å². The minimum absolute atomic E-state index is 0.0758. The molecule has 1 fully saturated rings. The molecule has 0 spiro atoms. The quantitative estimate of drug-likeness (QED) is 0.825. The summed E-state index contributed by atoms with van der Waals surface area (Å²) in [6, 6.07) is 14.4. The molecule has 0 saturated carbocycles. The van der Waals surface area contributed by atoms with Crippen LogP contribution in [-0.2, 0) is 26.9 Å². The molecule has 2 aromatic carbocycles. The average Bonchev–Trinajstić information content (AvgIpc) is 2.69. The van der Waals surface area contributed by atoms with Crippen molar-refractivity contribution in [2.24, 2.45) is 0 Å². The summed E-state index contributed by atoms with van der Waals surface area (Å²) in [4.78, 5) is 12.5. The summed E-state index contributed by atoms with van der Waals surface area (Å²) < 4.78 is 31.6. The monoisotopic (exact) mass is 388 g/mol. The normalized spacial score (nSPS) is 15.4. The Kier molecular flexibility index (Phi) is 6.26. The zero-order chi connectivity index (χ0) is 19.3. The first-order valence-corrected chi connectivity index (χ1v) is 10.6. The van der Waals surface area contributed by atoms with Crippen LogP contribution in [0.1, 0.15) is 28.4 Å². The van der Waals surface area contributed by atoms with Crippen LogP contribution in [0.25, 0.3) is 0 Å². The summed E-state index contributed by atoms with van der Waals surface area (Å²) in [7, 11) is -3.37. The number of amides is 1. The Morgan fingerprint density at radius 2 is 1.74 bits per heavy atom. The highest BCUT2D eigenvalue weighted by Gasteiger charge is 2.24. The van der Waals surface area contributed by atoms with E-state index in [9.17, 15) is 13.2 Å². The zero-order valence-corrected chi connectivity index (χ0v) is 16.2. The van der Waals surface area contributed by atoms with Crippen molar-refractivity contribution < 1.29 is 17.9 Å². The van der Waals surface area contributed by atoms with Gasteiger partial charge in [-0.2, -0.15) is 4.31 Å². The molecule has 1 N–H and O–H groups in total. The van der Waals surface area contributed by atoms with Crippen LogP contribution in [0.5, 0.6) is 0 Å². The minimum Gasteiger partial charge on any atom is -0.379 e. The van der Waals surface area contributed by atoms with Crippen LogP contribution < -0.4 is 5.32 Å². The SMILES string of the molecule is CCc1ccccc1NC(=O)c1ccc(CS(=O)(=O)N2CCOCC2)cc1. The van der Waals surface area contributed by atoms with E-state index in [2.05, 4.69) is 5.32 Å². The molecule has 6 nitrogen and oxygen atoms in total. The number of anilines is 1. The van der Waals surface area contributed by atoms with E-state index >= 15 is 0 Å². The molecular formula is C20H24N2O4S. The molecule has 0 bridgehead atoms. The number of nitrogens with one attached hydrogen (secondary N) is 1. The average molecular weight is 388 g/mol. The number of aryl methyl sites for hydroxylation is 1. The molecule has 0 atom stereocenters. The smallest absolute Gasteiger partial charge is 0.255 e. The molecule has 0 unspecified atom stereocenters. The molecule has 0 aliphatic carbocycles. The van der Waals surface area contributed by atoms with Gasteiger partial charge in [0, 0.05) is 24.3 Å². The van der Waals surface area contributed by atoms with Gasteiger partial charge in [-0.25, -0.2) is 8.42 Å². The van der Waals surface area contributed by atoms with Gasteiger partial charge in [-0.05, 0) is 35.7 Å². The number of hydrogen-bond donors (Lipinski definition) is 1. The number of carbonyl (C=O) groups excluding carboxylic acids is 1. The first-order valence-electron chi connectivity index (χ1n) is 9.03. The predicted molar refractivity (Wildman–Crippen MR) is 105 cm³/mol. The van der Waals surface area contributed by atoms with Crippen molar-refractivity contribution in [2.45, 2.75) is 19.1 Å². The summed E-state index contributed by atoms with van der Waals surface area (Å²) in [5, 5.41) is 2.92. The summed E-state index contributed by atoms with van der Waals surface area (Å²) >= 11 is 0. The summed E-state index contributed by atoms with van der Waals surface area (Å²) in [5.74, 6) is -0.286. The third-order valence-corrected chi connectivity index (χ3v) is 6.43. The van der Waals surface area contributed by atoms with Crippen molar-refractivity contribution >= 4 is 21.6 Å². The van der Waals surface area contributed by atoms with Crippen LogP contribution in [-0.4, -0.2) is 44.9 Å². The predicted octanol–water partition coefficient (Wildman–Crippen LogP) is 2.66. The molecule has 0 radical (unpaired) electrons. The molecule has 7 heteroatoms. The van der Waals surface area contributed by atoms with E-state index in [1.807, 2.05) is 31.2 Å². The van der Waals surface area contributed by atoms with E-state index in [1.54, 1.807) is 24.3 Å². The molecule has 1 amide bonds. The lowest BCUT2D eigenvalue weighted by Gasteiger charge is -2.26. The second-order valence-corrected chi connectivity index (χ2v) is 8.40. The first-order chi connectivity index (χ1) is 13.0. The minimum atomic E-state index is -3.37. The Labute approximate surface area is 160 Å². The zero-order valence-electron chi connectivity index (χ0n) is 15.3. The fourth-order valence-corrected chi connectivity index (χ4v) is 4.53. The summed E-state index contributed by atoms with van der Waals surface area (Å²) in [5.41, 5.74) is 3.02. The number of sulfonamides is 1. The van der Waals surface area contributed by atoms with Crippen LogP contribution in [0.3, 0.4) is 0 Å². The van der Waals surface area contributed by atoms with Gasteiger partial charge >= 0.3 is 0 Å². The standard InChI is InChI=1S/C20H24N2O4S/c1-2-17-5-3-4-6-19(17)21-20(23)18-9-7-16(8-10-18)15-27(24,25)22-11-13-26-14-12-22/h3-10H,2,11-15H2,1H3,(H,21,23). The molecular weight excluding hydrogens is 364 g/mol. The molecule has 1 aliphatic rings. The Hall–Kier alpha value is -2.22. The van der Waals surface area contributed by atoms with Gasteiger partial charge in [-0.3, -0.25) is 4.79 Å². The van der Waals surface area contributed by atoms with Crippen molar-refractivity contribution in [1.82, 2.24) is 4.31 Å². The van der Waals surface area contributed by atoms with Gasteiger partial charge in [0.2, 0.25) is 10.0 Å². The highest BCUT2D eigenvalue weighted by atomic mass is 32.2. The third-order valence-electron chi connectivity index (χ3n) is 4.58. The molecule has 27 heavy (non-hydrogen) atoms. The largest absolute Gasteiger partial charge is 0.379 e. The van der Waals surface area contributed by atoms with E-state index in [-0.39, 0.29) is 11.7 Å². The maximum absolute atomic E-state index is 12.5. The van der Waals surface area contributed by atoms with Gasteiger partial charge in [0.05, 0.1) is 19.0 Å². The number of carbonyl (C=O) groups is 1. The van der Waals surface area contributed by atoms with E-state index < -0.39 is 10.0 Å². The highest BCUT2D eigenvalue weighted by Crippen LogP contribution is 2.18. The van der Waals surface area contributed by atoms with Crippen LogP contribution in [0.2, 0.25) is 0 Å². The summed E-state index contributed by atoms with van der Waals surface area (Å²) in [6.45, 7) is 3.67. The van der Waals surface area contributed by atoms with Gasteiger partial charge in [0.15, 0.2) is 0 Å². The maximum Gasteiger partial charge on any atom is 0.255 e. The fraction of sp³-hybridized carbons (Fsp3) is 0.350. The second kappa shape index (κ2) is 8.65. The second-order valence-electron chi connectivity index (χ2n) is 6.43. The first kappa shape index (κ1) is 19.5. The van der Waals surface area contributed by atoms with Crippen molar-refractivity contribution in [3.8, 4) is 0 Å². The van der Waals surface area contributed by atoms with Crippen LogP contribution in [0, 0.1) is 0 Å². The van der Waals surface area contributed by atoms with Gasteiger partial charge in [0.25, 0.3) is 5.91 Å². The number of nitrogens with zero attached hydrogens (tertiary/aromatic N) is 1. The number of morpholine rings is 1. The topological polar surface area (TPSA) is 75.7 Å². The lowest BCUT2D eigenvalue weighted by Crippen LogP contribution is -2.41. The van der Waals surface area contributed by atoms with Gasteiger partial charge in [0.1, 0.15) is 0 Å². The van der Waals surface area contributed by atoms with Crippen molar-refractivity contribution in [3.05, 3.63) is 65.2 Å². The number of para-hydroxylation sites is 1. The lowest BCUT2D eigenvalue weighted by molar-refractivity contribution is 0.0729. The van der Waals surface area contributed by atoms with Crippen molar-refractivity contribution in [1.29, 1.82) is 0 Å². The third kappa shape index (κ3) is 4.94. The Morgan fingerprint density at radius 1 is 1.07 bits per heavy atom. The Bertz CT molecular complexity index is 888. The lowest BCUT2D eigenvalue weighted by atomic mass is 10.1. The van der Waals surface area contributed by atoms with Crippen molar-refractivity contribution in [2.75, 3.05) is 31.6 Å². The molecule has 144 valence electrons. The maximum atomic E-state index is 12.5. The molecule has 1 aliphatic heterocycles. The van der Waals surface area contributed by atoms with Crippen LogP contribution in [0.15, 0.2) is 48.5 Å². The number of rotatable bonds is 6. The van der Waals surface area contributed by atoms with E-state index in [0.717, 1.165) is 17.7 Å². The Morgan fingerprint density at radius 3 is 2.41 bits per heavy atom. The van der Waals surface area contributed by atoms with Crippen LogP contribution >= 0.6 is 0 Å². The number of benzene rings is 2. The van der Waals surface area contributed by atoms with E-state index in [1.165, 1.54) is 4.31 Å². The number of ether oxygens (including phenoxy) is 1. The molecule has 3 rings (SSSR count). The van der Waals surface area contributed by atoms with Gasteiger partial charge in [-0.15, -0.1) is 0 Å². The van der Waals surface area contributed by atoms with Crippen LogP contribution in [0.4, 0.5) is 5.69 Å². The van der Waals surface area contributed by atoms with E-state index in [0.29, 0.717) is 37.4 Å². The Balaban J connectivity index is 1.67. The molecule has 1 heterocycles. The van der Waals surface area contributed by atoms with Gasteiger partial charge in [-0.1, -0.05) is 37.3 Å². The molecule has 1 saturated heterocycles. The number of hydrogen-bond acceptors (Lipinski definition) is 4. The van der Waals surface area contributed by atoms with E-state index in [4.69, 9.17) is 4.74 Å². The molecule has 0 aromatic heterocycles. The van der Waals surface area contributed by atoms with Crippen molar-refractivity contribution in [3.63, 3.8) is 0 Å². The fourth-order valence-electron chi connectivity index (χ4n) is 3.02. The molecule has 2 aromatic rings. The summed E-state index contributed by atoms with van der Waals surface area (Å²) in [6.07, 6.45) is 0.828. The highest BCUT2D eigenvalue weighted by molar-refractivity contribution is 7.88.